The van der Waals surface area contributed by atoms with Gasteiger partial charge < -0.3 is 10.1 Å². The summed E-state index contributed by atoms with van der Waals surface area (Å²) in [5.74, 6) is 0.332. The van der Waals surface area contributed by atoms with Crippen LogP contribution in [0.3, 0.4) is 0 Å². The van der Waals surface area contributed by atoms with Crippen LogP contribution in [0.5, 0.6) is 5.88 Å². The summed E-state index contributed by atoms with van der Waals surface area (Å²) in [6, 6.07) is 0. The molecule has 90 valence electrons. The lowest BCUT2D eigenvalue weighted by atomic mass is 10.1. The van der Waals surface area contributed by atoms with E-state index in [1.54, 1.807) is 7.05 Å². The monoisotopic (exact) mass is 227 g/mol. The number of hydrogen-bond acceptors (Lipinski definition) is 4. The predicted octanol–water partition coefficient (Wildman–Crippen LogP) is 2.47. The van der Waals surface area contributed by atoms with Gasteiger partial charge in [-0.15, -0.1) is 0 Å². The highest BCUT2D eigenvalue weighted by Crippen LogP contribution is 2.18. The van der Waals surface area contributed by atoms with Crippen molar-refractivity contribution in [3.05, 3.63) is 12.0 Å². The molecular weight excluding hydrogens is 209 g/mol. The van der Waals surface area contributed by atoms with Gasteiger partial charge in [0, 0.05) is 7.05 Å². The first kappa shape index (κ1) is 12.7. The van der Waals surface area contributed by atoms with Crippen LogP contribution >= 0.6 is 0 Å². The number of rotatable bonds is 5. The van der Waals surface area contributed by atoms with Gasteiger partial charge >= 0.3 is 0 Å². The summed E-state index contributed by atoms with van der Waals surface area (Å²) in [5, 5.41) is 2.74. The van der Waals surface area contributed by atoms with E-state index in [1.807, 2.05) is 6.92 Å². The highest BCUT2D eigenvalue weighted by atomic mass is 19.1. The Kier molecular flexibility index (Phi) is 4.46. The molecule has 1 rings (SSSR count). The molecule has 0 amide bonds. The highest BCUT2D eigenvalue weighted by molar-refractivity contribution is 5.27. The standard InChI is InChI=1S/C11H18FN3O/c1-7(2)5-8(3)16-10-9(12)6-14-11(13-4)15-10/h6-8H,5H2,1-4H3,(H,13,14,15). The minimum Gasteiger partial charge on any atom is -0.472 e. The highest BCUT2D eigenvalue weighted by Gasteiger charge is 2.12. The van der Waals surface area contributed by atoms with Crippen molar-refractivity contribution in [1.29, 1.82) is 0 Å². The molecule has 4 nitrogen and oxygen atoms in total. The van der Waals surface area contributed by atoms with Gasteiger partial charge in [0.05, 0.1) is 12.3 Å². The molecular formula is C11H18FN3O. The van der Waals surface area contributed by atoms with Crippen LogP contribution in [0.15, 0.2) is 6.20 Å². The molecule has 0 aliphatic rings. The van der Waals surface area contributed by atoms with Crippen molar-refractivity contribution in [1.82, 2.24) is 9.97 Å². The summed E-state index contributed by atoms with van der Waals surface area (Å²) in [6.07, 6.45) is 1.91. The van der Waals surface area contributed by atoms with Crippen molar-refractivity contribution in [2.45, 2.75) is 33.3 Å². The zero-order valence-electron chi connectivity index (χ0n) is 10.1. The lowest BCUT2D eigenvalue weighted by Crippen LogP contribution is -2.16. The van der Waals surface area contributed by atoms with Crippen LogP contribution in [-0.4, -0.2) is 23.1 Å². The van der Waals surface area contributed by atoms with Crippen LogP contribution < -0.4 is 10.1 Å². The van der Waals surface area contributed by atoms with E-state index in [-0.39, 0.29) is 12.0 Å². The number of nitrogens with zero attached hydrogens (tertiary/aromatic N) is 2. The first-order valence-electron chi connectivity index (χ1n) is 5.40. The van der Waals surface area contributed by atoms with E-state index in [2.05, 4.69) is 29.1 Å². The van der Waals surface area contributed by atoms with Gasteiger partial charge in [-0.2, -0.15) is 9.37 Å². The average molecular weight is 227 g/mol. The Balaban J connectivity index is 2.71. The topological polar surface area (TPSA) is 47.0 Å². The van der Waals surface area contributed by atoms with E-state index in [1.165, 1.54) is 0 Å². The first-order valence-corrected chi connectivity index (χ1v) is 5.40. The van der Waals surface area contributed by atoms with E-state index in [4.69, 9.17) is 4.74 Å². The second kappa shape index (κ2) is 5.63. The molecule has 0 bridgehead atoms. The molecule has 0 saturated carbocycles. The number of ether oxygens (including phenoxy) is 1. The van der Waals surface area contributed by atoms with E-state index in [9.17, 15) is 4.39 Å². The zero-order valence-corrected chi connectivity index (χ0v) is 10.1. The van der Waals surface area contributed by atoms with Crippen LogP contribution in [0.2, 0.25) is 0 Å². The summed E-state index contributed by atoms with van der Waals surface area (Å²) in [4.78, 5) is 7.67. The normalized spacial score (nSPS) is 12.6. The molecule has 5 heteroatoms. The van der Waals surface area contributed by atoms with Gasteiger partial charge in [0.25, 0.3) is 5.88 Å². The largest absolute Gasteiger partial charge is 0.472 e. The van der Waals surface area contributed by atoms with Crippen molar-refractivity contribution in [3.8, 4) is 5.88 Å². The second-order valence-electron chi connectivity index (χ2n) is 4.15. The van der Waals surface area contributed by atoms with Crippen molar-refractivity contribution in [2.24, 2.45) is 5.92 Å². The number of anilines is 1. The molecule has 1 unspecified atom stereocenters. The maximum absolute atomic E-state index is 13.3. The van der Waals surface area contributed by atoms with Gasteiger partial charge in [-0.3, -0.25) is 0 Å². The summed E-state index contributed by atoms with van der Waals surface area (Å²) in [5.41, 5.74) is 0. The lowest BCUT2D eigenvalue weighted by Gasteiger charge is -2.16. The Bertz CT molecular complexity index is 344. The molecule has 0 aliphatic carbocycles. The van der Waals surface area contributed by atoms with Gasteiger partial charge in [-0.1, -0.05) is 13.8 Å². The fourth-order valence-electron chi connectivity index (χ4n) is 1.46. The van der Waals surface area contributed by atoms with Crippen LogP contribution in [0, 0.1) is 11.7 Å². The summed E-state index contributed by atoms with van der Waals surface area (Å²) < 4.78 is 18.8. The molecule has 1 N–H and O–H groups in total. The minimum atomic E-state index is -0.533. The molecule has 1 atom stereocenters. The molecule has 0 aromatic carbocycles. The summed E-state index contributed by atoms with van der Waals surface area (Å²) in [7, 11) is 1.68. The number of nitrogens with one attached hydrogen (secondary N) is 1. The van der Waals surface area contributed by atoms with Gasteiger partial charge in [0.1, 0.15) is 0 Å². The van der Waals surface area contributed by atoms with Gasteiger partial charge in [-0.05, 0) is 19.3 Å². The van der Waals surface area contributed by atoms with E-state index in [0.29, 0.717) is 11.9 Å². The summed E-state index contributed by atoms with van der Waals surface area (Å²) >= 11 is 0. The molecule has 0 spiro atoms. The average Bonchev–Trinajstić information content (AvgIpc) is 2.20. The maximum atomic E-state index is 13.3. The smallest absolute Gasteiger partial charge is 0.255 e. The molecule has 16 heavy (non-hydrogen) atoms. The van der Waals surface area contributed by atoms with Crippen LogP contribution in [0.25, 0.3) is 0 Å². The van der Waals surface area contributed by atoms with Crippen molar-refractivity contribution in [2.75, 3.05) is 12.4 Å². The van der Waals surface area contributed by atoms with Gasteiger partial charge in [-0.25, -0.2) is 4.98 Å². The Morgan fingerprint density at radius 3 is 2.69 bits per heavy atom. The SMILES string of the molecule is CNc1ncc(F)c(OC(C)CC(C)C)n1. The molecule has 0 fully saturated rings. The van der Waals surface area contributed by atoms with E-state index in [0.717, 1.165) is 12.6 Å². The third kappa shape index (κ3) is 3.64. The predicted molar refractivity (Wildman–Crippen MR) is 61.1 cm³/mol. The minimum absolute atomic E-state index is 0.00694. The van der Waals surface area contributed by atoms with Crippen LogP contribution in [-0.2, 0) is 0 Å². The molecule has 1 aromatic rings. The fourth-order valence-corrected chi connectivity index (χ4v) is 1.46. The fraction of sp³-hybridized carbons (Fsp3) is 0.636. The van der Waals surface area contributed by atoms with Gasteiger partial charge in [0.2, 0.25) is 11.8 Å². The van der Waals surface area contributed by atoms with Gasteiger partial charge in [0.15, 0.2) is 0 Å². The molecule has 0 saturated heterocycles. The molecule has 0 aliphatic heterocycles. The van der Waals surface area contributed by atoms with Crippen LogP contribution in [0.4, 0.5) is 10.3 Å². The molecule has 0 radical (unpaired) electrons. The Morgan fingerprint density at radius 2 is 2.12 bits per heavy atom. The Hall–Kier alpha value is -1.39. The Labute approximate surface area is 95.3 Å². The molecule has 1 heterocycles. The van der Waals surface area contributed by atoms with Crippen molar-refractivity contribution < 1.29 is 9.13 Å². The molecule has 1 aromatic heterocycles. The van der Waals surface area contributed by atoms with E-state index >= 15 is 0 Å². The number of halogens is 1. The number of aromatic nitrogens is 2. The van der Waals surface area contributed by atoms with Crippen molar-refractivity contribution >= 4 is 5.95 Å². The Morgan fingerprint density at radius 1 is 1.44 bits per heavy atom. The third-order valence-electron chi connectivity index (χ3n) is 2.05. The lowest BCUT2D eigenvalue weighted by molar-refractivity contribution is 0.177. The summed E-state index contributed by atoms with van der Waals surface area (Å²) in [6.45, 7) is 6.09. The third-order valence-corrected chi connectivity index (χ3v) is 2.05. The first-order chi connectivity index (χ1) is 7.52. The quantitative estimate of drug-likeness (QED) is 0.839. The maximum Gasteiger partial charge on any atom is 0.255 e. The van der Waals surface area contributed by atoms with E-state index < -0.39 is 5.82 Å². The number of hydrogen-bond donors (Lipinski definition) is 1. The van der Waals surface area contributed by atoms with Crippen molar-refractivity contribution in [3.63, 3.8) is 0 Å². The van der Waals surface area contributed by atoms with Crippen LogP contribution in [0.1, 0.15) is 27.2 Å². The zero-order chi connectivity index (χ0) is 12.1. The second-order valence-corrected chi connectivity index (χ2v) is 4.15.